The van der Waals surface area contributed by atoms with Crippen LogP contribution in [0, 0.1) is 5.92 Å². The first-order chi connectivity index (χ1) is 12.0. The SMILES string of the molecule is COc1ccccc1OC(C)C(=O)NC(CC(C)C)c1ccccc1. The minimum atomic E-state index is -0.616. The molecule has 4 heteroatoms. The van der Waals surface area contributed by atoms with Crippen LogP contribution in [0.25, 0.3) is 0 Å². The van der Waals surface area contributed by atoms with Gasteiger partial charge < -0.3 is 14.8 Å². The number of carbonyl (C=O) groups excluding carboxylic acids is 1. The van der Waals surface area contributed by atoms with Crippen molar-refractivity contribution in [1.82, 2.24) is 5.32 Å². The van der Waals surface area contributed by atoms with E-state index in [-0.39, 0.29) is 11.9 Å². The van der Waals surface area contributed by atoms with E-state index < -0.39 is 6.10 Å². The number of hydrogen-bond donors (Lipinski definition) is 1. The maximum atomic E-state index is 12.6. The molecule has 0 aliphatic heterocycles. The fourth-order valence-electron chi connectivity index (χ4n) is 2.68. The summed E-state index contributed by atoms with van der Waals surface area (Å²) in [5, 5.41) is 3.12. The van der Waals surface area contributed by atoms with Crippen LogP contribution in [0.2, 0.25) is 0 Å². The lowest BCUT2D eigenvalue weighted by atomic mass is 9.97. The van der Waals surface area contributed by atoms with Crippen molar-refractivity contribution in [2.24, 2.45) is 5.92 Å². The molecule has 0 bridgehead atoms. The Bertz CT molecular complexity index is 670. The fourth-order valence-corrected chi connectivity index (χ4v) is 2.68. The molecule has 0 fully saturated rings. The van der Waals surface area contributed by atoms with E-state index in [1.165, 1.54) is 0 Å². The summed E-state index contributed by atoms with van der Waals surface area (Å²) < 4.78 is 11.1. The zero-order valence-electron chi connectivity index (χ0n) is 15.4. The zero-order valence-corrected chi connectivity index (χ0v) is 15.4. The number of nitrogens with one attached hydrogen (secondary N) is 1. The van der Waals surface area contributed by atoms with Crippen molar-refractivity contribution in [3.63, 3.8) is 0 Å². The van der Waals surface area contributed by atoms with Crippen LogP contribution in [0.5, 0.6) is 11.5 Å². The Hall–Kier alpha value is -2.49. The van der Waals surface area contributed by atoms with Gasteiger partial charge in [-0.3, -0.25) is 4.79 Å². The molecule has 2 aromatic carbocycles. The monoisotopic (exact) mass is 341 g/mol. The van der Waals surface area contributed by atoms with Crippen LogP contribution >= 0.6 is 0 Å². The summed E-state index contributed by atoms with van der Waals surface area (Å²) in [6.07, 6.45) is 0.256. The van der Waals surface area contributed by atoms with Crippen molar-refractivity contribution < 1.29 is 14.3 Å². The van der Waals surface area contributed by atoms with E-state index in [0.29, 0.717) is 17.4 Å². The molecule has 1 amide bonds. The van der Waals surface area contributed by atoms with Crippen molar-refractivity contribution >= 4 is 5.91 Å². The average molecular weight is 341 g/mol. The molecular weight excluding hydrogens is 314 g/mol. The quantitative estimate of drug-likeness (QED) is 0.776. The molecule has 0 aliphatic rings. The lowest BCUT2D eigenvalue weighted by molar-refractivity contribution is -0.128. The Balaban J connectivity index is 2.06. The molecule has 2 rings (SSSR count). The molecule has 4 nitrogen and oxygen atoms in total. The minimum absolute atomic E-state index is 0.0302. The third-order valence-corrected chi connectivity index (χ3v) is 3.97. The second-order valence-corrected chi connectivity index (χ2v) is 6.51. The summed E-state index contributed by atoms with van der Waals surface area (Å²) in [6.45, 7) is 6.05. The number of methoxy groups -OCH3 is 1. The summed E-state index contributed by atoms with van der Waals surface area (Å²) in [6, 6.07) is 17.3. The number of para-hydroxylation sites is 2. The molecule has 0 saturated heterocycles. The predicted molar refractivity (Wildman–Crippen MR) is 99.9 cm³/mol. The van der Waals surface area contributed by atoms with Crippen LogP contribution in [0.4, 0.5) is 0 Å². The average Bonchev–Trinajstić information content (AvgIpc) is 2.62. The highest BCUT2D eigenvalue weighted by Gasteiger charge is 2.22. The van der Waals surface area contributed by atoms with Crippen LogP contribution in [0.3, 0.4) is 0 Å². The third-order valence-electron chi connectivity index (χ3n) is 3.97. The molecule has 25 heavy (non-hydrogen) atoms. The van der Waals surface area contributed by atoms with E-state index in [9.17, 15) is 4.79 Å². The van der Waals surface area contributed by atoms with Crippen LogP contribution in [-0.4, -0.2) is 19.1 Å². The fraction of sp³-hybridized carbons (Fsp3) is 0.381. The topological polar surface area (TPSA) is 47.6 Å². The smallest absolute Gasteiger partial charge is 0.261 e. The first-order valence-electron chi connectivity index (χ1n) is 8.66. The van der Waals surface area contributed by atoms with Gasteiger partial charge in [0.2, 0.25) is 0 Å². The summed E-state index contributed by atoms with van der Waals surface area (Å²) in [5.41, 5.74) is 1.11. The molecule has 2 atom stereocenters. The van der Waals surface area contributed by atoms with Crippen LogP contribution in [-0.2, 0) is 4.79 Å². The van der Waals surface area contributed by atoms with Gasteiger partial charge in [-0.2, -0.15) is 0 Å². The number of ether oxygens (including phenoxy) is 2. The number of rotatable bonds is 8. The molecule has 2 unspecified atom stereocenters. The molecule has 0 saturated carbocycles. The van der Waals surface area contributed by atoms with Gasteiger partial charge in [0, 0.05) is 0 Å². The van der Waals surface area contributed by atoms with Crippen LogP contribution < -0.4 is 14.8 Å². The van der Waals surface area contributed by atoms with Crippen LogP contribution in [0.1, 0.15) is 38.8 Å². The maximum Gasteiger partial charge on any atom is 0.261 e. The second kappa shape index (κ2) is 9.11. The Morgan fingerprint density at radius 2 is 1.56 bits per heavy atom. The van der Waals surface area contributed by atoms with Gasteiger partial charge in [-0.05, 0) is 37.0 Å². The van der Waals surface area contributed by atoms with E-state index >= 15 is 0 Å². The van der Waals surface area contributed by atoms with E-state index in [0.717, 1.165) is 12.0 Å². The van der Waals surface area contributed by atoms with E-state index in [1.807, 2.05) is 48.5 Å². The molecule has 1 N–H and O–H groups in total. The highest BCUT2D eigenvalue weighted by Crippen LogP contribution is 2.27. The Morgan fingerprint density at radius 1 is 0.960 bits per heavy atom. The molecule has 2 aromatic rings. The number of amides is 1. The van der Waals surface area contributed by atoms with Crippen LogP contribution in [0.15, 0.2) is 54.6 Å². The van der Waals surface area contributed by atoms with Crippen molar-refractivity contribution in [2.75, 3.05) is 7.11 Å². The summed E-state index contributed by atoms with van der Waals surface area (Å²) in [7, 11) is 1.58. The van der Waals surface area contributed by atoms with E-state index in [2.05, 4.69) is 19.2 Å². The van der Waals surface area contributed by atoms with Gasteiger partial charge in [0.1, 0.15) is 0 Å². The number of hydrogen-bond acceptors (Lipinski definition) is 3. The highest BCUT2D eigenvalue weighted by molar-refractivity contribution is 5.81. The van der Waals surface area contributed by atoms with Gasteiger partial charge in [-0.15, -0.1) is 0 Å². The maximum absolute atomic E-state index is 12.6. The van der Waals surface area contributed by atoms with Gasteiger partial charge >= 0.3 is 0 Å². The van der Waals surface area contributed by atoms with E-state index in [1.54, 1.807) is 20.1 Å². The van der Waals surface area contributed by atoms with Gasteiger partial charge in [0.25, 0.3) is 5.91 Å². The Labute approximate surface area is 150 Å². The summed E-state index contributed by atoms with van der Waals surface area (Å²) >= 11 is 0. The first kappa shape index (κ1) is 18.8. The number of carbonyl (C=O) groups is 1. The zero-order chi connectivity index (χ0) is 18.2. The number of benzene rings is 2. The lowest BCUT2D eigenvalue weighted by Crippen LogP contribution is -2.39. The highest BCUT2D eigenvalue weighted by atomic mass is 16.5. The van der Waals surface area contributed by atoms with Crippen molar-refractivity contribution in [2.45, 2.75) is 39.3 Å². The minimum Gasteiger partial charge on any atom is -0.493 e. The summed E-state index contributed by atoms with van der Waals surface area (Å²) in [5.74, 6) is 1.51. The van der Waals surface area contributed by atoms with Gasteiger partial charge in [-0.25, -0.2) is 0 Å². The van der Waals surface area contributed by atoms with Gasteiger partial charge in [-0.1, -0.05) is 56.3 Å². The molecule has 0 spiro atoms. The molecule has 134 valence electrons. The molecule has 0 aromatic heterocycles. The Morgan fingerprint density at radius 3 is 2.16 bits per heavy atom. The second-order valence-electron chi connectivity index (χ2n) is 6.51. The molecular formula is C21H27NO3. The summed E-state index contributed by atoms with van der Waals surface area (Å²) in [4.78, 5) is 12.6. The predicted octanol–water partition coefficient (Wildman–Crippen LogP) is 4.37. The van der Waals surface area contributed by atoms with E-state index in [4.69, 9.17) is 9.47 Å². The molecule has 0 aliphatic carbocycles. The standard InChI is InChI=1S/C21H27NO3/c1-15(2)14-18(17-10-6-5-7-11-17)22-21(23)16(3)25-20-13-9-8-12-19(20)24-4/h5-13,15-16,18H,14H2,1-4H3,(H,22,23). The third kappa shape index (κ3) is 5.52. The normalized spacial score (nSPS) is 13.2. The Kier molecular flexibility index (Phi) is 6.87. The van der Waals surface area contributed by atoms with Gasteiger partial charge in [0.15, 0.2) is 17.6 Å². The van der Waals surface area contributed by atoms with Crippen molar-refractivity contribution in [1.29, 1.82) is 0 Å². The lowest BCUT2D eigenvalue weighted by Gasteiger charge is -2.24. The van der Waals surface area contributed by atoms with Crippen molar-refractivity contribution in [3.05, 3.63) is 60.2 Å². The molecule has 0 radical (unpaired) electrons. The molecule has 0 heterocycles. The largest absolute Gasteiger partial charge is 0.493 e. The van der Waals surface area contributed by atoms with Gasteiger partial charge in [0.05, 0.1) is 13.2 Å². The van der Waals surface area contributed by atoms with Crippen molar-refractivity contribution in [3.8, 4) is 11.5 Å². The first-order valence-corrected chi connectivity index (χ1v) is 8.66.